The van der Waals surface area contributed by atoms with Gasteiger partial charge in [0.05, 0.1) is 14.2 Å². The molecule has 186 valence electrons. The van der Waals surface area contributed by atoms with Crippen LogP contribution in [0.3, 0.4) is 0 Å². The van der Waals surface area contributed by atoms with Crippen LogP contribution in [-0.2, 0) is 6.54 Å². The topological polar surface area (TPSA) is 76.8 Å². The van der Waals surface area contributed by atoms with Gasteiger partial charge in [0.2, 0.25) is 5.89 Å². The van der Waals surface area contributed by atoms with Gasteiger partial charge < -0.3 is 13.9 Å². The molecule has 5 aromatic rings. The molecule has 0 unspecified atom stereocenters. The largest absolute Gasteiger partial charge is 0.497 e. The van der Waals surface area contributed by atoms with Crippen molar-refractivity contribution < 1.29 is 18.7 Å². The van der Waals surface area contributed by atoms with E-state index in [1.807, 2.05) is 96.0 Å². The predicted octanol–water partition coefficient (Wildman–Crippen LogP) is 5.78. The van der Waals surface area contributed by atoms with Crippen molar-refractivity contribution in [2.45, 2.75) is 12.6 Å². The molecule has 0 aliphatic heterocycles. The molecule has 7 nitrogen and oxygen atoms in total. The number of methoxy groups -OCH3 is 2. The Hall–Kier alpha value is -4.62. The van der Waals surface area contributed by atoms with Crippen molar-refractivity contribution in [1.82, 2.24) is 15.4 Å². The SMILES string of the molecule is COc1ccc2oc([C@@H](c3ccccc3)N(Cc3ccccc3OC)NC(=O)c3ccccc3)nc2c1. The second kappa shape index (κ2) is 11.0. The molecular weight excluding hydrogens is 466 g/mol. The monoisotopic (exact) mass is 493 g/mol. The molecular formula is C30H27N3O4. The summed E-state index contributed by atoms with van der Waals surface area (Å²) in [6.45, 7) is 0.337. The number of benzene rings is 4. The molecule has 5 rings (SSSR count). The third kappa shape index (κ3) is 5.32. The highest BCUT2D eigenvalue weighted by Gasteiger charge is 2.30. The molecule has 37 heavy (non-hydrogen) atoms. The minimum Gasteiger partial charge on any atom is -0.497 e. The third-order valence-electron chi connectivity index (χ3n) is 6.09. The number of rotatable bonds is 9. The molecule has 0 radical (unpaired) electrons. The summed E-state index contributed by atoms with van der Waals surface area (Å²) in [6.07, 6.45) is 0. The molecule has 1 atom stereocenters. The van der Waals surface area contributed by atoms with Crippen LogP contribution in [0.5, 0.6) is 11.5 Å². The Morgan fingerprint density at radius 1 is 0.892 bits per heavy atom. The maximum Gasteiger partial charge on any atom is 0.265 e. The lowest BCUT2D eigenvalue weighted by molar-refractivity contribution is 0.0671. The van der Waals surface area contributed by atoms with Crippen LogP contribution in [0, 0.1) is 0 Å². The number of hydrazine groups is 1. The van der Waals surface area contributed by atoms with Crippen LogP contribution in [0.2, 0.25) is 0 Å². The van der Waals surface area contributed by atoms with Crippen molar-refractivity contribution in [3.05, 3.63) is 126 Å². The number of nitrogens with one attached hydrogen (secondary N) is 1. The average molecular weight is 494 g/mol. The zero-order valence-corrected chi connectivity index (χ0v) is 20.6. The average Bonchev–Trinajstić information content (AvgIpc) is 3.37. The fraction of sp³-hybridized carbons (Fsp3) is 0.133. The van der Waals surface area contributed by atoms with Crippen LogP contribution in [0.25, 0.3) is 11.1 Å². The summed E-state index contributed by atoms with van der Waals surface area (Å²) in [6, 6.07) is 31.6. The number of ether oxygens (including phenoxy) is 2. The van der Waals surface area contributed by atoms with Crippen molar-refractivity contribution in [3.63, 3.8) is 0 Å². The second-order valence-electron chi connectivity index (χ2n) is 8.45. The van der Waals surface area contributed by atoms with E-state index >= 15 is 0 Å². The number of fused-ring (bicyclic) bond motifs is 1. The van der Waals surface area contributed by atoms with Gasteiger partial charge in [-0.05, 0) is 35.9 Å². The summed E-state index contributed by atoms with van der Waals surface area (Å²) in [4.78, 5) is 18.2. The highest BCUT2D eigenvalue weighted by Crippen LogP contribution is 2.33. The van der Waals surface area contributed by atoms with Crippen molar-refractivity contribution >= 4 is 17.0 Å². The van der Waals surface area contributed by atoms with Crippen molar-refractivity contribution in [3.8, 4) is 11.5 Å². The van der Waals surface area contributed by atoms with E-state index < -0.39 is 6.04 Å². The number of carbonyl (C=O) groups is 1. The maximum absolute atomic E-state index is 13.4. The molecule has 0 saturated carbocycles. The number of nitrogens with zero attached hydrogens (tertiary/aromatic N) is 2. The van der Waals surface area contributed by atoms with Crippen molar-refractivity contribution in [2.24, 2.45) is 0 Å². The van der Waals surface area contributed by atoms with Gasteiger partial charge in [-0.15, -0.1) is 0 Å². The molecule has 0 spiro atoms. The lowest BCUT2D eigenvalue weighted by atomic mass is 10.1. The Morgan fingerprint density at radius 2 is 1.59 bits per heavy atom. The molecule has 0 aliphatic rings. The highest BCUT2D eigenvalue weighted by molar-refractivity contribution is 5.93. The van der Waals surface area contributed by atoms with E-state index in [-0.39, 0.29) is 5.91 Å². The molecule has 7 heteroatoms. The van der Waals surface area contributed by atoms with Gasteiger partial charge >= 0.3 is 0 Å². The molecule has 1 heterocycles. The Labute approximate surface area is 215 Å². The quantitative estimate of drug-likeness (QED) is 0.262. The van der Waals surface area contributed by atoms with Gasteiger partial charge in [0.1, 0.15) is 23.1 Å². The predicted molar refractivity (Wildman–Crippen MR) is 141 cm³/mol. The van der Waals surface area contributed by atoms with E-state index in [4.69, 9.17) is 18.9 Å². The van der Waals surface area contributed by atoms with Crippen LogP contribution < -0.4 is 14.9 Å². The summed E-state index contributed by atoms with van der Waals surface area (Å²) in [7, 11) is 3.25. The van der Waals surface area contributed by atoms with Crippen LogP contribution in [0.15, 0.2) is 108 Å². The van der Waals surface area contributed by atoms with E-state index in [1.165, 1.54) is 0 Å². The minimum absolute atomic E-state index is 0.241. The van der Waals surface area contributed by atoms with E-state index in [0.29, 0.717) is 34.8 Å². The lowest BCUT2D eigenvalue weighted by Crippen LogP contribution is -2.44. The number of oxazole rings is 1. The molecule has 0 saturated heterocycles. The smallest absolute Gasteiger partial charge is 0.265 e. The Balaban J connectivity index is 1.62. The fourth-order valence-electron chi connectivity index (χ4n) is 4.26. The number of carbonyl (C=O) groups excluding carboxylic acids is 1. The summed E-state index contributed by atoms with van der Waals surface area (Å²) >= 11 is 0. The van der Waals surface area contributed by atoms with Gasteiger partial charge in [-0.1, -0.05) is 66.7 Å². The van der Waals surface area contributed by atoms with Crippen LogP contribution >= 0.6 is 0 Å². The number of hydrogen-bond donors (Lipinski definition) is 1. The van der Waals surface area contributed by atoms with Gasteiger partial charge in [-0.25, -0.2) is 4.98 Å². The normalized spacial score (nSPS) is 11.9. The van der Waals surface area contributed by atoms with E-state index in [2.05, 4.69) is 5.43 Å². The molecule has 1 N–H and O–H groups in total. The minimum atomic E-state index is -0.530. The fourth-order valence-corrected chi connectivity index (χ4v) is 4.26. The molecule has 0 bridgehead atoms. The zero-order chi connectivity index (χ0) is 25.6. The second-order valence-corrected chi connectivity index (χ2v) is 8.45. The Kier molecular flexibility index (Phi) is 7.14. The van der Waals surface area contributed by atoms with Gasteiger partial charge in [0.15, 0.2) is 5.58 Å². The Bertz CT molecular complexity index is 1490. The van der Waals surface area contributed by atoms with Crippen molar-refractivity contribution in [1.29, 1.82) is 0 Å². The van der Waals surface area contributed by atoms with Gasteiger partial charge in [-0.2, -0.15) is 5.01 Å². The standard InChI is InChI=1S/C30H27N3O4/c1-35-24-17-18-27-25(19-24)31-30(37-27)28(21-11-5-3-6-12-21)33(20-23-15-9-10-16-26(23)36-2)32-29(34)22-13-7-4-8-14-22/h3-19,28H,20H2,1-2H3,(H,32,34)/t28-/m1/s1. The summed E-state index contributed by atoms with van der Waals surface area (Å²) < 4.78 is 17.2. The van der Waals surface area contributed by atoms with Gasteiger partial charge in [-0.3, -0.25) is 10.2 Å². The summed E-state index contributed by atoms with van der Waals surface area (Å²) in [5.41, 5.74) is 6.76. The zero-order valence-electron chi connectivity index (χ0n) is 20.6. The van der Waals surface area contributed by atoms with Crippen LogP contribution in [0.1, 0.15) is 33.4 Å². The van der Waals surface area contributed by atoms with Gasteiger partial charge in [0.25, 0.3) is 5.91 Å². The first-order chi connectivity index (χ1) is 18.2. The van der Waals surface area contributed by atoms with E-state index in [0.717, 1.165) is 16.9 Å². The number of amides is 1. The van der Waals surface area contributed by atoms with Crippen LogP contribution in [0.4, 0.5) is 0 Å². The number of aromatic nitrogens is 1. The molecule has 0 aliphatic carbocycles. The molecule has 4 aromatic carbocycles. The Morgan fingerprint density at radius 3 is 2.32 bits per heavy atom. The summed E-state index contributed by atoms with van der Waals surface area (Å²) in [5.74, 6) is 1.61. The first-order valence-electron chi connectivity index (χ1n) is 11.9. The third-order valence-corrected chi connectivity index (χ3v) is 6.09. The molecule has 1 amide bonds. The molecule has 1 aromatic heterocycles. The van der Waals surface area contributed by atoms with E-state index in [9.17, 15) is 4.79 Å². The first-order valence-corrected chi connectivity index (χ1v) is 11.9. The summed E-state index contributed by atoms with van der Waals surface area (Å²) in [5, 5.41) is 1.84. The maximum atomic E-state index is 13.4. The lowest BCUT2D eigenvalue weighted by Gasteiger charge is -2.31. The van der Waals surface area contributed by atoms with Crippen molar-refractivity contribution in [2.75, 3.05) is 14.2 Å². The first kappa shape index (κ1) is 24.1. The number of para-hydroxylation sites is 1. The van der Waals surface area contributed by atoms with Crippen LogP contribution in [-0.4, -0.2) is 30.1 Å². The highest BCUT2D eigenvalue weighted by atomic mass is 16.5. The van der Waals surface area contributed by atoms with Gasteiger partial charge in [0, 0.05) is 23.7 Å². The molecule has 0 fully saturated rings. The van der Waals surface area contributed by atoms with E-state index in [1.54, 1.807) is 26.4 Å². The number of hydrogen-bond acceptors (Lipinski definition) is 6.